The highest BCUT2D eigenvalue weighted by atomic mass is 35.5. The molecule has 2 N–H and O–H groups in total. The van der Waals surface area contributed by atoms with Crippen LogP contribution in [0, 0.1) is 0 Å². The molecule has 4 heteroatoms. The van der Waals surface area contributed by atoms with Crippen LogP contribution >= 0.6 is 23.2 Å². The van der Waals surface area contributed by atoms with Gasteiger partial charge in [0.2, 0.25) is 0 Å². The summed E-state index contributed by atoms with van der Waals surface area (Å²) in [6, 6.07) is 24.3. The molecule has 0 aliphatic rings. The Balaban J connectivity index is 2.06. The van der Waals surface area contributed by atoms with Crippen LogP contribution in [0.5, 0.6) is 0 Å². The summed E-state index contributed by atoms with van der Waals surface area (Å²) >= 11 is 12.0. The third-order valence-electron chi connectivity index (χ3n) is 4.60. The van der Waals surface area contributed by atoms with Crippen molar-refractivity contribution in [3.63, 3.8) is 0 Å². The average molecular weight is 386 g/mol. The molecule has 0 aromatic heterocycles. The Kier molecular flexibility index (Phi) is 5.87. The molecule has 26 heavy (non-hydrogen) atoms. The largest absolute Gasteiger partial charge is 0.379 e. The smallest absolute Gasteiger partial charge is 0.135 e. The zero-order chi connectivity index (χ0) is 18.6. The minimum Gasteiger partial charge on any atom is -0.379 e. The summed E-state index contributed by atoms with van der Waals surface area (Å²) in [4.78, 5) is 0. The van der Waals surface area contributed by atoms with Crippen molar-refractivity contribution in [2.24, 2.45) is 0 Å². The molecule has 0 saturated heterocycles. The topological polar surface area (TPSA) is 32.3 Å². The van der Waals surface area contributed by atoms with Gasteiger partial charge in [-0.2, -0.15) is 0 Å². The van der Waals surface area contributed by atoms with E-state index in [1.54, 1.807) is 12.1 Å². The van der Waals surface area contributed by atoms with E-state index in [2.05, 4.69) is 12.2 Å². The quantitative estimate of drug-likeness (QED) is 0.535. The molecule has 0 spiro atoms. The Labute approximate surface area is 164 Å². The lowest BCUT2D eigenvalue weighted by Gasteiger charge is -2.38. The van der Waals surface area contributed by atoms with E-state index in [4.69, 9.17) is 23.2 Å². The van der Waals surface area contributed by atoms with Crippen molar-refractivity contribution in [2.45, 2.75) is 25.0 Å². The fraction of sp³-hybridized carbons (Fsp3) is 0.182. The SMILES string of the molecule is CCC(Nc1ccc(Cl)cc1)C(O)(c1ccccc1)c1ccc(Cl)cc1. The van der Waals surface area contributed by atoms with Gasteiger partial charge in [0.05, 0.1) is 6.04 Å². The van der Waals surface area contributed by atoms with Gasteiger partial charge >= 0.3 is 0 Å². The lowest BCUT2D eigenvalue weighted by molar-refractivity contribution is 0.0576. The van der Waals surface area contributed by atoms with E-state index in [1.807, 2.05) is 66.7 Å². The Hall–Kier alpha value is -2.00. The minimum absolute atomic E-state index is 0.243. The van der Waals surface area contributed by atoms with Crippen LogP contribution in [0.3, 0.4) is 0 Å². The van der Waals surface area contributed by atoms with Crippen molar-refractivity contribution in [2.75, 3.05) is 5.32 Å². The first-order chi connectivity index (χ1) is 12.5. The highest BCUT2D eigenvalue weighted by Gasteiger charge is 2.39. The molecule has 2 atom stereocenters. The second-order valence-electron chi connectivity index (χ2n) is 6.25. The van der Waals surface area contributed by atoms with E-state index in [0.717, 1.165) is 23.2 Å². The number of rotatable bonds is 6. The molecule has 3 aromatic carbocycles. The molecule has 0 amide bonds. The number of halogens is 2. The van der Waals surface area contributed by atoms with E-state index in [9.17, 15) is 5.11 Å². The van der Waals surface area contributed by atoms with E-state index >= 15 is 0 Å². The van der Waals surface area contributed by atoms with E-state index in [-0.39, 0.29) is 6.04 Å². The molecule has 3 aromatic rings. The molecular formula is C22H21Cl2NO. The number of benzene rings is 3. The van der Waals surface area contributed by atoms with Crippen LogP contribution in [0.4, 0.5) is 5.69 Å². The molecular weight excluding hydrogens is 365 g/mol. The maximum Gasteiger partial charge on any atom is 0.135 e. The monoisotopic (exact) mass is 385 g/mol. The zero-order valence-corrected chi connectivity index (χ0v) is 16.0. The number of anilines is 1. The molecule has 3 rings (SSSR count). The van der Waals surface area contributed by atoms with Crippen molar-refractivity contribution in [3.8, 4) is 0 Å². The summed E-state index contributed by atoms with van der Waals surface area (Å²) in [5, 5.41) is 16.7. The first kappa shape index (κ1) is 18.8. The minimum atomic E-state index is -1.21. The fourth-order valence-corrected chi connectivity index (χ4v) is 3.47. The van der Waals surface area contributed by atoms with Crippen LogP contribution < -0.4 is 5.32 Å². The van der Waals surface area contributed by atoms with Gasteiger partial charge in [0.25, 0.3) is 0 Å². The fourth-order valence-electron chi connectivity index (χ4n) is 3.21. The maximum atomic E-state index is 11.9. The third-order valence-corrected chi connectivity index (χ3v) is 5.10. The molecule has 134 valence electrons. The maximum absolute atomic E-state index is 11.9. The van der Waals surface area contributed by atoms with Gasteiger partial charge in [-0.05, 0) is 53.9 Å². The lowest BCUT2D eigenvalue weighted by Crippen LogP contribution is -2.45. The normalized spacial score (nSPS) is 14.5. The highest BCUT2D eigenvalue weighted by Crippen LogP contribution is 2.36. The van der Waals surface area contributed by atoms with Crippen molar-refractivity contribution in [1.82, 2.24) is 0 Å². The van der Waals surface area contributed by atoms with Gasteiger partial charge in [-0.15, -0.1) is 0 Å². The van der Waals surface area contributed by atoms with Crippen LogP contribution in [0.1, 0.15) is 24.5 Å². The Morgan fingerprint density at radius 1 is 0.808 bits per heavy atom. The zero-order valence-electron chi connectivity index (χ0n) is 14.5. The number of nitrogens with one attached hydrogen (secondary N) is 1. The lowest BCUT2D eigenvalue weighted by atomic mass is 9.79. The third kappa shape index (κ3) is 3.88. The number of aliphatic hydroxyl groups is 1. The molecule has 0 bridgehead atoms. The van der Waals surface area contributed by atoms with Crippen LogP contribution in [-0.2, 0) is 5.60 Å². The van der Waals surface area contributed by atoms with Crippen molar-refractivity contribution in [3.05, 3.63) is 100 Å². The average Bonchev–Trinajstić information content (AvgIpc) is 2.68. The molecule has 0 aliphatic heterocycles. The molecule has 0 radical (unpaired) electrons. The molecule has 2 unspecified atom stereocenters. The summed E-state index contributed by atoms with van der Waals surface area (Å²) < 4.78 is 0. The summed E-state index contributed by atoms with van der Waals surface area (Å²) in [6.07, 6.45) is 0.719. The first-order valence-corrected chi connectivity index (χ1v) is 9.35. The Morgan fingerprint density at radius 3 is 1.85 bits per heavy atom. The predicted molar refractivity (Wildman–Crippen MR) is 110 cm³/mol. The van der Waals surface area contributed by atoms with Crippen molar-refractivity contribution in [1.29, 1.82) is 0 Å². The van der Waals surface area contributed by atoms with Crippen LogP contribution in [0.2, 0.25) is 10.0 Å². The van der Waals surface area contributed by atoms with Gasteiger partial charge in [0, 0.05) is 15.7 Å². The van der Waals surface area contributed by atoms with Crippen molar-refractivity contribution < 1.29 is 5.11 Å². The molecule has 0 heterocycles. The number of hydrogen-bond acceptors (Lipinski definition) is 2. The highest BCUT2D eigenvalue weighted by molar-refractivity contribution is 6.30. The van der Waals surface area contributed by atoms with Crippen LogP contribution in [0.15, 0.2) is 78.9 Å². The van der Waals surface area contributed by atoms with Gasteiger partial charge in [-0.1, -0.05) is 72.6 Å². The molecule has 2 nitrogen and oxygen atoms in total. The van der Waals surface area contributed by atoms with Gasteiger partial charge in [0.1, 0.15) is 5.60 Å². The van der Waals surface area contributed by atoms with Gasteiger partial charge in [-0.25, -0.2) is 0 Å². The Morgan fingerprint density at radius 2 is 1.31 bits per heavy atom. The van der Waals surface area contributed by atoms with E-state index in [0.29, 0.717) is 10.0 Å². The Bertz CT molecular complexity index is 834. The second kappa shape index (κ2) is 8.13. The molecule has 0 aliphatic carbocycles. The first-order valence-electron chi connectivity index (χ1n) is 8.60. The summed E-state index contributed by atoms with van der Waals surface area (Å²) in [7, 11) is 0. The van der Waals surface area contributed by atoms with Crippen molar-refractivity contribution >= 4 is 28.9 Å². The van der Waals surface area contributed by atoms with E-state index < -0.39 is 5.60 Å². The number of hydrogen-bond donors (Lipinski definition) is 2. The van der Waals surface area contributed by atoms with Gasteiger partial charge in [0.15, 0.2) is 0 Å². The van der Waals surface area contributed by atoms with Gasteiger partial charge in [-0.3, -0.25) is 0 Å². The molecule has 0 fully saturated rings. The van der Waals surface area contributed by atoms with E-state index in [1.165, 1.54) is 0 Å². The molecule has 0 saturated carbocycles. The summed E-state index contributed by atoms with van der Waals surface area (Å²) in [5.74, 6) is 0. The van der Waals surface area contributed by atoms with Gasteiger partial charge < -0.3 is 10.4 Å². The predicted octanol–water partition coefficient (Wildman–Crippen LogP) is 6.12. The van der Waals surface area contributed by atoms with Crippen LogP contribution in [0.25, 0.3) is 0 Å². The van der Waals surface area contributed by atoms with Crippen LogP contribution in [-0.4, -0.2) is 11.1 Å². The second-order valence-corrected chi connectivity index (χ2v) is 7.12. The summed E-state index contributed by atoms with van der Waals surface area (Å²) in [6.45, 7) is 2.05. The standard InChI is InChI=1S/C22H21Cl2NO/c1-2-21(25-20-14-12-19(24)13-15-20)22(26,16-6-4-3-5-7-16)17-8-10-18(23)11-9-17/h3-15,21,25-26H,2H2,1H3. The summed E-state index contributed by atoms with van der Waals surface area (Å²) in [5.41, 5.74) is 1.32.